The predicted octanol–water partition coefficient (Wildman–Crippen LogP) is 1.00. The molecular formula is C13H17BrN2O4. The van der Waals surface area contributed by atoms with Crippen LogP contribution in [-0.2, 0) is 4.79 Å². The fourth-order valence-corrected chi connectivity index (χ4v) is 2.54. The Hall–Kier alpha value is -1.34. The van der Waals surface area contributed by atoms with Crippen molar-refractivity contribution in [3.8, 4) is 0 Å². The van der Waals surface area contributed by atoms with Gasteiger partial charge in [0.15, 0.2) is 10.4 Å². The minimum Gasteiger partial charge on any atom is -0.444 e. The number of carbonyl (C=O) groups is 2. The first-order valence-electron chi connectivity index (χ1n) is 6.52. The third-order valence-corrected chi connectivity index (χ3v) is 3.75. The molecule has 1 aliphatic rings. The number of rotatable bonds is 4. The Morgan fingerprint density at radius 1 is 1.50 bits per heavy atom. The molecule has 1 aromatic rings. The highest BCUT2D eigenvalue weighted by Crippen LogP contribution is 2.16. The highest BCUT2D eigenvalue weighted by atomic mass is 79.9. The van der Waals surface area contributed by atoms with E-state index in [0.29, 0.717) is 17.8 Å². The summed E-state index contributed by atoms with van der Waals surface area (Å²) in [5.41, 5.74) is 0. The van der Waals surface area contributed by atoms with E-state index < -0.39 is 5.91 Å². The summed E-state index contributed by atoms with van der Waals surface area (Å²) in [6.07, 6.45) is 1.82. The molecule has 0 bridgehead atoms. The average Bonchev–Trinajstić information content (AvgIpc) is 2.91. The second kappa shape index (κ2) is 6.90. The number of hydrogen-bond acceptors (Lipinski definition) is 4. The van der Waals surface area contributed by atoms with Gasteiger partial charge in [0.25, 0.3) is 5.91 Å². The van der Waals surface area contributed by atoms with Crippen LogP contribution in [0.3, 0.4) is 0 Å². The number of hydrogen-bond donors (Lipinski definition) is 2. The number of halogens is 1. The number of piperidine rings is 1. The summed E-state index contributed by atoms with van der Waals surface area (Å²) in [5, 5.41) is 11.7. The lowest BCUT2D eigenvalue weighted by atomic mass is 9.99. The summed E-state index contributed by atoms with van der Waals surface area (Å²) in [7, 11) is 0. The minimum atomic E-state index is -0.417. The van der Waals surface area contributed by atoms with Crippen LogP contribution in [-0.4, -0.2) is 48.1 Å². The highest BCUT2D eigenvalue weighted by Gasteiger charge is 2.23. The normalized spacial score (nSPS) is 18.9. The Labute approximate surface area is 125 Å². The van der Waals surface area contributed by atoms with Crippen molar-refractivity contribution in [3.05, 3.63) is 22.6 Å². The van der Waals surface area contributed by atoms with Gasteiger partial charge in [0, 0.05) is 19.7 Å². The van der Waals surface area contributed by atoms with E-state index in [2.05, 4.69) is 21.2 Å². The maximum atomic E-state index is 12.0. The van der Waals surface area contributed by atoms with Crippen LogP contribution in [0.4, 0.5) is 0 Å². The molecule has 2 rings (SSSR count). The number of nitrogens with one attached hydrogen (secondary N) is 1. The van der Waals surface area contributed by atoms with Crippen LogP contribution >= 0.6 is 15.9 Å². The summed E-state index contributed by atoms with van der Waals surface area (Å²) >= 11 is 3.11. The second-order valence-corrected chi connectivity index (χ2v) is 5.60. The summed E-state index contributed by atoms with van der Waals surface area (Å²) in [6.45, 7) is 1.26. The van der Waals surface area contributed by atoms with Crippen LogP contribution in [0, 0.1) is 5.92 Å². The molecule has 1 unspecified atom stereocenters. The van der Waals surface area contributed by atoms with Gasteiger partial charge in [-0.3, -0.25) is 9.59 Å². The smallest absolute Gasteiger partial charge is 0.287 e. The maximum absolute atomic E-state index is 12.0. The summed E-state index contributed by atoms with van der Waals surface area (Å²) < 4.78 is 5.57. The molecule has 1 aromatic heterocycles. The second-order valence-electron chi connectivity index (χ2n) is 4.82. The number of likely N-dealkylation sites (tertiary alicyclic amines) is 1. The van der Waals surface area contributed by atoms with Gasteiger partial charge in [0.05, 0.1) is 6.54 Å². The van der Waals surface area contributed by atoms with E-state index in [9.17, 15) is 9.59 Å². The fraction of sp³-hybridized carbons (Fsp3) is 0.538. The number of carbonyl (C=O) groups excluding carboxylic acids is 2. The molecule has 1 atom stereocenters. The minimum absolute atomic E-state index is 0.0602. The highest BCUT2D eigenvalue weighted by molar-refractivity contribution is 9.10. The van der Waals surface area contributed by atoms with Gasteiger partial charge >= 0.3 is 0 Å². The molecule has 7 heteroatoms. The standard InChI is InChI=1S/C13H17BrN2O4/c14-11-4-3-10(20-11)13(19)15-6-12(18)16-5-1-2-9(7-16)8-17/h3-4,9,17H,1-2,5-8H2,(H,15,19). The summed E-state index contributed by atoms with van der Waals surface area (Å²) in [6, 6.07) is 3.15. The van der Waals surface area contributed by atoms with E-state index in [4.69, 9.17) is 9.52 Å². The molecule has 0 aliphatic carbocycles. The molecule has 1 aliphatic heterocycles. The van der Waals surface area contributed by atoms with Crippen LogP contribution in [0.2, 0.25) is 0 Å². The van der Waals surface area contributed by atoms with Crippen molar-refractivity contribution in [2.75, 3.05) is 26.2 Å². The molecule has 2 amide bonds. The zero-order valence-electron chi connectivity index (χ0n) is 11.0. The monoisotopic (exact) mass is 344 g/mol. The average molecular weight is 345 g/mol. The van der Waals surface area contributed by atoms with Crippen LogP contribution in [0.15, 0.2) is 21.2 Å². The Morgan fingerprint density at radius 2 is 2.30 bits per heavy atom. The SMILES string of the molecule is O=C(NCC(=O)N1CCCC(CO)C1)c1ccc(Br)o1. The lowest BCUT2D eigenvalue weighted by Crippen LogP contribution is -2.45. The zero-order chi connectivity index (χ0) is 14.5. The third-order valence-electron chi connectivity index (χ3n) is 3.33. The Balaban J connectivity index is 1.81. The van der Waals surface area contributed by atoms with Gasteiger partial charge in [-0.25, -0.2) is 0 Å². The third kappa shape index (κ3) is 3.83. The van der Waals surface area contributed by atoms with Crippen molar-refractivity contribution >= 4 is 27.7 Å². The number of amides is 2. The van der Waals surface area contributed by atoms with Gasteiger partial charge in [-0.1, -0.05) is 0 Å². The van der Waals surface area contributed by atoms with Crippen molar-refractivity contribution in [1.82, 2.24) is 10.2 Å². The van der Waals surface area contributed by atoms with E-state index in [1.807, 2.05) is 0 Å². The van der Waals surface area contributed by atoms with E-state index in [1.165, 1.54) is 6.07 Å². The van der Waals surface area contributed by atoms with Crippen LogP contribution in [0.1, 0.15) is 23.4 Å². The van der Waals surface area contributed by atoms with Gasteiger partial charge in [-0.05, 0) is 46.8 Å². The number of aliphatic hydroxyl groups is 1. The molecule has 0 aromatic carbocycles. The van der Waals surface area contributed by atoms with Crippen molar-refractivity contribution in [3.63, 3.8) is 0 Å². The molecular weight excluding hydrogens is 328 g/mol. The molecule has 1 saturated heterocycles. The van der Waals surface area contributed by atoms with Crippen molar-refractivity contribution in [2.45, 2.75) is 12.8 Å². The molecule has 0 radical (unpaired) electrons. The largest absolute Gasteiger partial charge is 0.444 e. The molecule has 0 spiro atoms. The quantitative estimate of drug-likeness (QED) is 0.853. The topological polar surface area (TPSA) is 82.8 Å². The molecule has 6 nitrogen and oxygen atoms in total. The molecule has 20 heavy (non-hydrogen) atoms. The van der Waals surface area contributed by atoms with Gasteiger partial charge in [0.1, 0.15) is 0 Å². The first-order valence-corrected chi connectivity index (χ1v) is 7.31. The van der Waals surface area contributed by atoms with E-state index in [0.717, 1.165) is 12.8 Å². The van der Waals surface area contributed by atoms with Crippen molar-refractivity contribution in [2.24, 2.45) is 5.92 Å². The van der Waals surface area contributed by atoms with Crippen LogP contribution in [0.25, 0.3) is 0 Å². The predicted molar refractivity (Wildman–Crippen MR) is 75.1 cm³/mol. The zero-order valence-corrected chi connectivity index (χ0v) is 12.6. The number of aliphatic hydroxyl groups excluding tert-OH is 1. The lowest BCUT2D eigenvalue weighted by molar-refractivity contribution is -0.132. The van der Waals surface area contributed by atoms with Crippen molar-refractivity contribution in [1.29, 1.82) is 0 Å². The van der Waals surface area contributed by atoms with E-state index >= 15 is 0 Å². The molecule has 2 heterocycles. The molecule has 1 fully saturated rings. The van der Waals surface area contributed by atoms with Crippen molar-refractivity contribution < 1.29 is 19.1 Å². The van der Waals surface area contributed by atoms with Crippen LogP contribution < -0.4 is 5.32 Å². The van der Waals surface area contributed by atoms with Crippen LogP contribution in [0.5, 0.6) is 0 Å². The Bertz CT molecular complexity index is 488. The lowest BCUT2D eigenvalue weighted by Gasteiger charge is -2.31. The van der Waals surface area contributed by atoms with Gasteiger partial charge < -0.3 is 19.7 Å². The summed E-state index contributed by atoms with van der Waals surface area (Å²) in [4.78, 5) is 25.4. The summed E-state index contributed by atoms with van der Waals surface area (Å²) in [5.74, 6) is -0.247. The first kappa shape index (κ1) is 15.1. The number of nitrogens with zero attached hydrogens (tertiary/aromatic N) is 1. The van der Waals surface area contributed by atoms with Gasteiger partial charge in [0.2, 0.25) is 5.91 Å². The molecule has 2 N–H and O–H groups in total. The fourth-order valence-electron chi connectivity index (χ4n) is 2.23. The maximum Gasteiger partial charge on any atom is 0.287 e. The molecule has 0 saturated carbocycles. The first-order chi connectivity index (χ1) is 9.60. The van der Waals surface area contributed by atoms with E-state index in [1.54, 1.807) is 11.0 Å². The molecule has 110 valence electrons. The van der Waals surface area contributed by atoms with Gasteiger partial charge in [-0.15, -0.1) is 0 Å². The number of furan rings is 1. The Kier molecular flexibility index (Phi) is 5.19. The van der Waals surface area contributed by atoms with Gasteiger partial charge in [-0.2, -0.15) is 0 Å². The van der Waals surface area contributed by atoms with E-state index in [-0.39, 0.29) is 30.7 Å². The Morgan fingerprint density at radius 3 is 2.95 bits per heavy atom.